The number of pyridine rings is 4. The molecule has 8 aromatic rings. The lowest BCUT2D eigenvalue weighted by Gasteiger charge is -2.16. The van der Waals surface area contributed by atoms with Gasteiger partial charge in [0.15, 0.2) is 24.8 Å². The summed E-state index contributed by atoms with van der Waals surface area (Å²) in [4.78, 5) is 0. The first-order valence-electron chi connectivity index (χ1n) is 30.7. The minimum atomic E-state index is -2.08. The van der Waals surface area contributed by atoms with Crippen LogP contribution < -0.4 is 18.3 Å². The van der Waals surface area contributed by atoms with Crippen LogP contribution >= 0.6 is 0 Å². The highest BCUT2D eigenvalue weighted by Crippen LogP contribution is 2.32. The van der Waals surface area contributed by atoms with Crippen LogP contribution in [0.3, 0.4) is 0 Å². The van der Waals surface area contributed by atoms with E-state index in [0.29, 0.717) is 23.3 Å². The topological polar surface area (TPSA) is 15.5 Å². The number of aryl methyl sites for hydroxylation is 11. The Kier molecular flexibility index (Phi) is 18.5. The van der Waals surface area contributed by atoms with E-state index in [1.165, 1.54) is 67.0 Å². The maximum Gasteiger partial charge on any atom is 0.212 e. The maximum atomic E-state index is 8.48. The highest BCUT2D eigenvalue weighted by molar-refractivity contribution is 5.65. The predicted octanol–water partition coefficient (Wildman–Crippen LogP) is 17.6. The fourth-order valence-corrected chi connectivity index (χ4v) is 10.4. The lowest BCUT2D eigenvalue weighted by Crippen LogP contribution is -2.32. The second-order valence-electron chi connectivity index (χ2n) is 23.0. The summed E-state index contributed by atoms with van der Waals surface area (Å²) in [7, 11) is 8.25. The first-order valence-corrected chi connectivity index (χ1v) is 27.7. The van der Waals surface area contributed by atoms with Crippen molar-refractivity contribution in [2.45, 2.75) is 167 Å². The van der Waals surface area contributed by atoms with Crippen molar-refractivity contribution in [1.82, 2.24) is 0 Å². The summed E-state index contributed by atoms with van der Waals surface area (Å²) in [5, 5.41) is 0. The number of hydrogen-bond donors (Lipinski definition) is 0. The minimum Gasteiger partial charge on any atom is -0.201 e. The maximum absolute atomic E-state index is 8.48. The number of benzene rings is 4. The summed E-state index contributed by atoms with van der Waals surface area (Å²) in [5.74, 6) is -0.432. The molecular formula is C73H98N4+4. The minimum absolute atomic E-state index is 0.363. The van der Waals surface area contributed by atoms with E-state index in [0.717, 1.165) is 44.8 Å². The van der Waals surface area contributed by atoms with E-state index in [-0.39, 0.29) is 0 Å². The van der Waals surface area contributed by atoms with Crippen molar-refractivity contribution in [3.8, 4) is 45.0 Å². The van der Waals surface area contributed by atoms with Crippen molar-refractivity contribution in [1.29, 1.82) is 0 Å². The molecule has 0 amide bonds. The molecule has 8 rings (SSSR count). The summed E-state index contributed by atoms with van der Waals surface area (Å²) in [6.45, 7) is 35.4. The number of nitrogens with zero attached hydrogens (tertiary/aromatic N) is 4. The number of hydrogen-bond acceptors (Lipinski definition) is 0. The van der Waals surface area contributed by atoms with Crippen LogP contribution in [0, 0.1) is 48.4 Å². The number of aromatic nitrogens is 4. The largest absolute Gasteiger partial charge is 0.212 e. The summed E-state index contributed by atoms with van der Waals surface area (Å²) in [6.07, 6.45) is 8.58. The predicted molar refractivity (Wildman–Crippen MR) is 330 cm³/mol. The van der Waals surface area contributed by atoms with Gasteiger partial charge in [-0.3, -0.25) is 0 Å². The molecule has 0 saturated carbocycles. The summed E-state index contributed by atoms with van der Waals surface area (Å²) < 4.78 is 56.3. The van der Waals surface area contributed by atoms with Crippen molar-refractivity contribution >= 4 is 0 Å². The standard InChI is InChI=1S/2C19H26N.C18H24N.C17H22N/c2*1-13(2)17-11-19(16-10-8-7-9-15(16)5)20(6)12-18(17)14(3)4;1-12(2)17-11-19(6)18(10-15(17)5)16-8-7-13(3)9-14(16)4;1-12(2)16-11-18(5)17(10-14(16)4)15-9-7-6-8-13(15)3/h2*7-14H,1-6H3;7-12H,1-6H3;6-12H,1-5H3/q4*+1/i13D,14D;;3D3,12D;. The van der Waals surface area contributed by atoms with Gasteiger partial charge in [-0.1, -0.05) is 155 Å². The Morgan fingerprint density at radius 1 is 0.312 bits per heavy atom. The van der Waals surface area contributed by atoms with Gasteiger partial charge in [-0.05, 0) is 153 Å². The molecule has 0 atom stereocenters. The molecule has 0 unspecified atom stereocenters. The lowest BCUT2D eigenvalue weighted by atomic mass is 9.90. The first kappa shape index (κ1) is 52.5. The molecule has 4 nitrogen and oxygen atoms in total. The SMILES string of the molecule is Cc1ccccc1-c1cc(C(C)C)c(C(C)C)c[n+]1C.Cc1ccccc1-c1cc(C)c(C(C)C)c[n+]1C.[2H]C(C)(C)c1cc(-c2ccccc2C)[n+](C)cc1C([2H])(C)C.[2H]C([2H])([2H])c1ccc(-c2cc(C)c(C([2H])(C)C)c[n+]2C)c(C)c1. The second-order valence-corrected chi connectivity index (χ2v) is 23.0. The molecule has 0 aliphatic carbocycles. The zero-order valence-corrected chi connectivity index (χ0v) is 51.3. The Labute approximate surface area is 477 Å². The smallest absolute Gasteiger partial charge is 0.201 e. The Balaban J connectivity index is 0.000000203. The van der Waals surface area contributed by atoms with Crippen LogP contribution in [0.5, 0.6) is 0 Å². The molecular weight excluding hydrogens is 933 g/mol. The van der Waals surface area contributed by atoms with Crippen molar-refractivity contribution in [2.75, 3.05) is 0 Å². The quantitative estimate of drug-likeness (QED) is 0.121. The van der Waals surface area contributed by atoms with Crippen molar-refractivity contribution < 1.29 is 26.5 Å². The van der Waals surface area contributed by atoms with E-state index in [1.807, 2.05) is 105 Å². The van der Waals surface area contributed by atoms with Crippen LogP contribution in [-0.2, 0) is 28.2 Å². The van der Waals surface area contributed by atoms with Gasteiger partial charge in [0.2, 0.25) is 22.8 Å². The molecule has 4 heterocycles. The van der Waals surface area contributed by atoms with Gasteiger partial charge < -0.3 is 0 Å². The first-order chi connectivity index (χ1) is 38.3. The molecule has 4 heteroatoms. The van der Waals surface area contributed by atoms with Gasteiger partial charge in [0.05, 0.1) is 0 Å². The van der Waals surface area contributed by atoms with Crippen molar-refractivity contribution in [3.63, 3.8) is 0 Å². The van der Waals surface area contributed by atoms with Gasteiger partial charge in [-0.15, -0.1) is 0 Å². The third-order valence-corrected chi connectivity index (χ3v) is 14.9. The molecule has 0 spiro atoms. The van der Waals surface area contributed by atoms with Gasteiger partial charge in [-0.2, -0.15) is 0 Å². The molecule has 4 aromatic heterocycles. The fourth-order valence-electron chi connectivity index (χ4n) is 10.4. The van der Waals surface area contributed by atoms with Crippen molar-refractivity contribution in [2.24, 2.45) is 28.2 Å². The van der Waals surface area contributed by atoms with E-state index in [1.54, 1.807) is 12.1 Å². The molecule has 0 fully saturated rings. The van der Waals surface area contributed by atoms with E-state index in [4.69, 9.17) is 8.22 Å². The average Bonchev–Trinajstić information content (AvgIpc) is 3.59. The Morgan fingerprint density at radius 3 is 1.00 bits per heavy atom. The van der Waals surface area contributed by atoms with E-state index in [9.17, 15) is 0 Å². The third-order valence-electron chi connectivity index (χ3n) is 14.9. The number of rotatable bonds is 10. The van der Waals surface area contributed by atoms with Gasteiger partial charge >= 0.3 is 0 Å². The summed E-state index contributed by atoms with van der Waals surface area (Å²) in [6, 6.07) is 39.6. The lowest BCUT2D eigenvalue weighted by molar-refractivity contribution is -0.661. The molecule has 406 valence electrons. The molecule has 0 N–H and O–H groups in total. The molecule has 77 heavy (non-hydrogen) atoms. The average molecular weight is 1040 g/mol. The molecule has 4 aromatic carbocycles. The fraction of sp³-hybridized carbons (Fsp3) is 0.397. The summed E-state index contributed by atoms with van der Waals surface area (Å²) >= 11 is 0. The van der Waals surface area contributed by atoms with E-state index >= 15 is 0 Å². The Bertz CT molecular complexity index is 3550. The zero-order valence-electron chi connectivity index (χ0n) is 57.3. The van der Waals surface area contributed by atoms with Crippen LogP contribution in [0.1, 0.15) is 199 Å². The van der Waals surface area contributed by atoms with Crippen LogP contribution in [0.4, 0.5) is 0 Å². The zero-order chi connectivity index (χ0) is 62.4. The molecule has 0 bridgehead atoms. The van der Waals surface area contributed by atoms with Gasteiger partial charge in [0.1, 0.15) is 28.2 Å². The highest BCUT2D eigenvalue weighted by Gasteiger charge is 2.23. The molecule has 0 radical (unpaired) electrons. The van der Waals surface area contributed by atoms with Gasteiger partial charge in [0.25, 0.3) is 0 Å². The molecule has 0 saturated heterocycles. The van der Waals surface area contributed by atoms with Crippen LogP contribution in [0.15, 0.2) is 140 Å². The Morgan fingerprint density at radius 2 is 0.636 bits per heavy atom. The van der Waals surface area contributed by atoms with E-state index in [2.05, 4.69) is 194 Å². The molecule has 0 aliphatic rings. The van der Waals surface area contributed by atoms with Crippen LogP contribution in [0.2, 0.25) is 0 Å². The van der Waals surface area contributed by atoms with Crippen molar-refractivity contribution in [3.05, 3.63) is 212 Å². The van der Waals surface area contributed by atoms with Crippen LogP contribution in [0.25, 0.3) is 45.0 Å². The normalized spacial score (nSPS) is 12.9. The van der Waals surface area contributed by atoms with E-state index < -0.39 is 24.5 Å². The third kappa shape index (κ3) is 15.4. The van der Waals surface area contributed by atoms with Crippen LogP contribution in [-0.4, -0.2) is 0 Å². The van der Waals surface area contributed by atoms with Gasteiger partial charge in [-0.25, -0.2) is 18.3 Å². The van der Waals surface area contributed by atoms with Gasteiger partial charge in [0, 0.05) is 77.0 Å². The highest BCUT2D eigenvalue weighted by atomic mass is 14.9. The molecule has 0 aliphatic heterocycles. The second kappa shape index (κ2) is 27.2. The Hall–Kier alpha value is -6.52. The summed E-state index contributed by atoms with van der Waals surface area (Å²) in [5.41, 5.74) is 24.3. The monoisotopic (exact) mass is 1040 g/mol.